The first-order chi connectivity index (χ1) is 5.99. The average Bonchev–Trinajstić information content (AvgIpc) is 2.50. The second-order valence-electron chi connectivity index (χ2n) is 3.70. The van der Waals surface area contributed by atoms with Gasteiger partial charge < -0.3 is 5.11 Å². The van der Waals surface area contributed by atoms with Crippen LogP contribution in [-0.2, 0) is 0 Å². The zero-order chi connectivity index (χ0) is 10.1. The van der Waals surface area contributed by atoms with E-state index in [-0.39, 0.29) is 0 Å². The van der Waals surface area contributed by atoms with Gasteiger partial charge in [0.1, 0.15) is 6.10 Å². The zero-order valence-corrected chi connectivity index (χ0v) is 8.85. The van der Waals surface area contributed by atoms with Crippen LogP contribution in [-0.4, -0.2) is 5.11 Å². The first kappa shape index (κ1) is 10.2. The second-order valence-corrected chi connectivity index (χ2v) is 4.65. The van der Waals surface area contributed by atoms with Crippen LogP contribution in [0.25, 0.3) is 0 Å². The quantitative estimate of drug-likeness (QED) is 0.788. The van der Waals surface area contributed by atoms with Gasteiger partial charge in [-0.05, 0) is 37.8 Å². The Morgan fingerprint density at radius 2 is 2.23 bits per heavy atom. The van der Waals surface area contributed by atoms with Gasteiger partial charge in [-0.15, -0.1) is 11.3 Å². The summed E-state index contributed by atoms with van der Waals surface area (Å²) in [5.74, 6) is 0. The molecule has 0 saturated carbocycles. The molecule has 1 aromatic heterocycles. The lowest BCUT2D eigenvalue weighted by atomic mass is 9.87. The van der Waals surface area contributed by atoms with Gasteiger partial charge in [-0.25, -0.2) is 0 Å². The summed E-state index contributed by atoms with van der Waals surface area (Å²) in [6, 6.07) is 4.07. The summed E-state index contributed by atoms with van der Waals surface area (Å²) in [5.41, 5.74) is 0.344. The Bertz CT molecular complexity index is 335. The maximum absolute atomic E-state index is 9.91. The summed E-state index contributed by atoms with van der Waals surface area (Å²) in [6.45, 7) is 5.44. The van der Waals surface area contributed by atoms with Crippen molar-refractivity contribution in [2.24, 2.45) is 5.41 Å². The summed E-state index contributed by atoms with van der Waals surface area (Å²) in [6.07, 6.45) is -0.683. The van der Waals surface area contributed by atoms with Gasteiger partial charge in [0.2, 0.25) is 0 Å². The number of aryl methyl sites for hydroxylation is 1. The Kier molecular flexibility index (Phi) is 2.74. The van der Waals surface area contributed by atoms with Gasteiger partial charge in [0.05, 0.1) is 11.5 Å². The highest BCUT2D eigenvalue weighted by atomic mass is 32.1. The van der Waals surface area contributed by atoms with Gasteiger partial charge in [0.25, 0.3) is 0 Å². The van der Waals surface area contributed by atoms with E-state index in [1.807, 2.05) is 18.4 Å². The van der Waals surface area contributed by atoms with Gasteiger partial charge in [0, 0.05) is 4.88 Å². The van der Waals surface area contributed by atoms with Gasteiger partial charge in [-0.2, -0.15) is 5.26 Å². The Labute approximate surface area is 82.4 Å². The monoisotopic (exact) mass is 195 g/mol. The van der Waals surface area contributed by atoms with Crippen LogP contribution in [0, 0.1) is 23.7 Å². The van der Waals surface area contributed by atoms with Gasteiger partial charge >= 0.3 is 0 Å². The Morgan fingerprint density at radius 1 is 1.62 bits per heavy atom. The van der Waals surface area contributed by atoms with Crippen LogP contribution in [0.4, 0.5) is 0 Å². The highest BCUT2D eigenvalue weighted by Gasteiger charge is 2.30. The van der Waals surface area contributed by atoms with Crippen LogP contribution in [0.2, 0.25) is 0 Å². The van der Waals surface area contributed by atoms with E-state index in [1.165, 1.54) is 11.3 Å². The molecule has 1 N–H and O–H groups in total. The van der Waals surface area contributed by atoms with Crippen LogP contribution >= 0.6 is 11.3 Å². The Morgan fingerprint density at radius 3 is 2.62 bits per heavy atom. The number of thiophene rings is 1. The van der Waals surface area contributed by atoms with Crippen molar-refractivity contribution in [1.29, 1.82) is 5.26 Å². The lowest BCUT2D eigenvalue weighted by Crippen LogP contribution is -2.19. The fourth-order valence-electron chi connectivity index (χ4n) is 1.05. The van der Waals surface area contributed by atoms with Crippen molar-refractivity contribution >= 4 is 11.3 Å². The zero-order valence-electron chi connectivity index (χ0n) is 8.03. The third-order valence-electron chi connectivity index (χ3n) is 2.12. The summed E-state index contributed by atoms with van der Waals surface area (Å²) in [4.78, 5) is 0.895. The first-order valence-corrected chi connectivity index (χ1v) is 5.00. The predicted octanol–water partition coefficient (Wildman–Crippen LogP) is 2.64. The molecule has 0 aliphatic carbocycles. The summed E-state index contributed by atoms with van der Waals surface area (Å²) < 4.78 is 0. The molecule has 0 fully saturated rings. The molecule has 0 radical (unpaired) electrons. The third-order valence-corrected chi connectivity index (χ3v) is 3.19. The summed E-state index contributed by atoms with van der Waals surface area (Å²) >= 11 is 1.50. The first-order valence-electron chi connectivity index (χ1n) is 4.12. The van der Waals surface area contributed by atoms with E-state index in [9.17, 15) is 5.11 Å². The molecule has 0 aliphatic rings. The molecule has 1 heterocycles. The van der Waals surface area contributed by atoms with Crippen LogP contribution in [0.3, 0.4) is 0 Å². The van der Waals surface area contributed by atoms with Crippen molar-refractivity contribution in [2.75, 3.05) is 0 Å². The Hall–Kier alpha value is -0.850. The van der Waals surface area contributed by atoms with E-state index in [2.05, 4.69) is 6.07 Å². The number of aliphatic hydroxyl groups is 1. The van der Waals surface area contributed by atoms with Crippen molar-refractivity contribution in [3.05, 3.63) is 21.9 Å². The molecule has 2 nitrogen and oxygen atoms in total. The number of aliphatic hydroxyl groups excluding tert-OH is 1. The van der Waals surface area contributed by atoms with Gasteiger partial charge in [0.15, 0.2) is 0 Å². The van der Waals surface area contributed by atoms with Crippen molar-refractivity contribution in [1.82, 2.24) is 0 Å². The summed E-state index contributed by atoms with van der Waals surface area (Å²) in [7, 11) is 0. The molecule has 1 aromatic rings. The maximum atomic E-state index is 9.91. The Balaban J connectivity index is 3.00. The third kappa shape index (κ3) is 1.90. The van der Waals surface area contributed by atoms with Gasteiger partial charge in [-0.1, -0.05) is 0 Å². The minimum Gasteiger partial charge on any atom is -0.386 e. The number of nitriles is 1. The molecule has 70 valence electrons. The minimum atomic E-state index is -0.713. The highest BCUT2D eigenvalue weighted by molar-refractivity contribution is 7.10. The number of nitrogens with zero attached hydrogens (tertiary/aromatic N) is 1. The lowest BCUT2D eigenvalue weighted by Gasteiger charge is -2.22. The average molecular weight is 195 g/mol. The van der Waals surface area contributed by atoms with Crippen LogP contribution in [0.5, 0.6) is 0 Å². The molecule has 0 saturated heterocycles. The standard InChI is InChI=1S/C10H13NOS/c1-7-4-5-13-8(7)9(12)10(2,3)6-11/h4-5,9,12H,1-3H3. The molecular weight excluding hydrogens is 182 g/mol. The topological polar surface area (TPSA) is 44.0 Å². The van der Waals surface area contributed by atoms with E-state index >= 15 is 0 Å². The fourth-order valence-corrected chi connectivity index (χ4v) is 2.15. The molecule has 0 spiro atoms. The van der Waals surface area contributed by atoms with E-state index in [0.29, 0.717) is 0 Å². The predicted molar refractivity (Wildman–Crippen MR) is 53.4 cm³/mol. The van der Waals surface area contributed by atoms with Crippen LogP contribution in [0.15, 0.2) is 11.4 Å². The lowest BCUT2D eigenvalue weighted by molar-refractivity contribution is 0.0896. The van der Waals surface area contributed by atoms with Crippen LogP contribution in [0.1, 0.15) is 30.4 Å². The van der Waals surface area contributed by atoms with E-state index in [0.717, 1.165) is 10.4 Å². The minimum absolute atomic E-state index is 0.683. The molecule has 13 heavy (non-hydrogen) atoms. The molecular formula is C10H13NOS. The number of hydrogen-bond acceptors (Lipinski definition) is 3. The number of hydrogen-bond donors (Lipinski definition) is 1. The normalized spacial score (nSPS) is 13.8. The highest BCUT2D eigenvalue weighted by Crippen LogP contribution is 2.36. The van der Waals surface area contributed by atoms with Crippen LogP contribution < -0.4 is 0 Å². The fraction of sp³-hybridized carbons (Fsp3) is 0.500. The molecule has 0 aromatic carbocycles. The molecule has 1 rings (SSSR count). The molecule has 0 aliphatic heterocycles. The van der Waals surface area contributed by atoms with E-state index in [4.69, 9.17) is 5.26 Å². The molecule has 0 amide bonds. The molecule has 1 unspecified atom stereocenters. The molecule has 0 bridgehead atoms. The van der Waals surface area contributed by atoms with E-state index < -0.39 is 11.5 Å². The number of rotatable bonds is 2. The van der Waals surface area contributed by atoms with Crippen molar-refractivity contribution in [2.45, 2.75) is 26.9 Å². The van der Waals surface area contributed by atoms with Crippen molar-refractivity contribution in [3.63, 3.8) is 0 Å². The second kappa shape index (κ2) is 3.49. The van der Waals surface area contributed by atoms with Crippen molar-refractivity contribution in [3.8, 4) is 6.07 Å². The summed E-state index contributed by atoms with van der Waals surface area (Å²) in [5, 5.41) is 20.7. The smallest absolute Gasteiger partial charge is 0.106 e. The SMILES string of the molecule is Cc1ccsc1C(O)C(C)(C)C#N. The maximum Gasteiger partial charge on any atom is 0.106 e. The van der Waals surface area contributed by atoms with E-state index in [1.54, 1.807) is 13.8 Å². The molecule has 3 heteroatoms. The van der Waals surface area contributed by atoms with Crippen molar-refractivity contribution < 1.29 is 5.11 Å². The van der Waals surface area contributed by atoms with Gasteiger partial charge in [-0.3, -0.25) is 0 Å². The molecule has 1 atom stereocenters. The largest absolute Gasteiger partial charge is 0.386 e.